The highest BCUT2D eigenvalue weighted by molar-refractivity contribution is 5.99. The Morgan fingerprint density at radius 2 is 2.17 bits per heavy atom. The molecule has 1 N–H and O–H groups in total. The number of aliphatic hydroxyl groups is 1. The molecule has 0 spiro atoms. The molecule has 2 saturated heterocycles. The molecule has 2 aliphatic heterocycles. The highest BCUT2D eigenvalue weighted by atomic mass is 16.5. The first-order chi connectivity index (χ1) is 11.5. The van der Waals surface area contributed by atoms with E-state index in [2.05, 4.69) is 16.8 Å². The zero-order chi connectivity index (χ0) is 17.2. The number of hydrogen-bond acceptors (Lipinski definition) is 5. The maximum atomic E-state index is 13.1. The standard InChI is InChI=1S/C18H27N3O3/c1-3-14-13-21(8-6-18(14,2)23)17(22)15-5-4-7-19-16(15)20-9-11-24-12-10-20/h4-5,7,14,23H,3,6,8-13H2,1-2H3/t14-,18+/m0/s1. The van der Waals surface area contributed by atoms with Gasteiger partial charge in [0.1, 0.15) is 5.82 Å². The Morgan fingerprint density at radius 3 is 2.88 bits per heavy atom. The summed E-state index contributed by atoms with van der Waals surface area (Å²) in [5.41, 5.74) is -0.0381. The van der Waals surface area contributed by atoms with Crippen LogP contribution in [-0.2, 0) is 4.74 Å². The Bertz CT molecular complexity index is 585. The number of anilines is 1. The van der Waals surface area contributed by atoms with Crippen LogP contribution in [0.2, 0.25) is 0 Å². The molecule has 6 heteroatoms. The minimum atomic E-state index is -0.687. The molecule has 2 aliphatic rings. The van der Waals surface area contributed by atoms with Crippen LogP contribution in [0.3, 0.4) is 0 Å². The molecule has 6 nitrogen and oxygen atoms in total. The van der Waals surface area contributed by atoms with Crippen molar-refractivity contribution >= 4 is 11.7 Å². The topological polar surface area (TPSA) is 65.9 Å². The van der Waals surface area contributed by atoms with E-state index in [-0.39, 0.29) is 11.8 Å². The summed E-state index contributed by atoms with van der Waals surface area (Å²) in [5.74, 6) is 0.869. The molecule has 24 heavy (non-hydrogen) atoms. The van der Waals surface area contributed by atoms with Gasteiger partial charge in [0.05, 0.1) is 24.4 Å². The van der Waals surface area contributed by atoms with Crippen LogP contribution in [0, 0.1) is 5.92 Å². The quantitative estimate of drug-likeness (QED) is 0.909. The van der Waals surface area contributed by atoms with Crippen molar-refractivity contribution in [3.8, 4) is 0 Å². The Labute approximate surface area is 143 Å². The maximum absolute atomic E-state index is 13.1. The van der Waals surface area contributed by atoms with E-state index in [0.29, 0.717) is 38.3 Å². The molecule has 1 amide bonds. The van der Waals surface area contributed by atoms with E-state index < -0.39 is 5.60 Å². The summed E-state index contributed by atoms with van der Waals surface area (Å²) in [4.78, 5) is 21.5. The first-order valence-electron chi connectivity index (χ1n) is 8.82. The minimum absolute atomic E-state index is 0.0125. The number of likely N-dealkylation sites (tertiary alicyclic amines) is 1. The van der Waals surface area contributed by atoms with Crippen molar-refractivity contribution in [2.45, 2.75) is 32.3 Å². The first kappa shape index (κ1) is 17.2. The predicted octanol–water partition coefficient (Wildman–Crippen LogP) is 1.54. The number of rotatable bonds is 3. The first-order valence-corrected chi connectivity index (χ1v) is 8.82. The number of pyridine rings is 1. The van der Waals surface area contributed by atoms with Crippen molar-refractivity contribution < 1.29 is 14.6 Å². The molecule has 0 aliphatic carbocycles. The fourth-order valence-corrected chi connectivity index (χ4v) is 3.63. The molecule has 0 unspecified atom stereocenters. The number of morpholine rings is 1. The number of hydrogen-bond donors (Lipinski definition) is 1. The Hall–Kier alpha value is -1.66. The normalized spacial score (nSPS) is 28.0. The number of aromatic nitrogens is 1. The zero-order valence-corrected chi connectivity index (χ0v) is 14.6. The van der Waals surface area contributed by atoms with Crippen molar-refractivity contribution in [3.05, 3.63) is 23.9 Å². The average Bonchev–Trinajstić information content (AvgIpc) is 2.62. The number of carbonyl (C=O) groups is 1. The maximum Gasteiger partial charge on any atom is 0.257 e. The lowest BCUT2D eigenvalue weighted by atomic mass is 9.81. The second-order valence-electron chi connectivity index (χ2n) is 6.94. The minimum Gasteiger partial charge on any atom is -0.390 e. The molecule has 1 aromatic heterocycles. The molecule has 1 aromatic rings. The van der Waals surface area contributed by atoms with Gasteiger partial charge in [0, 0.05) is 38.3 Å². The van der Waals surface area contributed by atoms with Crippen molar-refractivity contribution in [2.24, 2.45) is 5.92 Å². The second kappa shape index (κ2) is 7.07. The van der Waals surface area contributed by atoms with Gasteiger partial charge in [-0.05, 0) is 31.9 Å². The van der Waals surface area contributed by atoms with E-state index in [1.54, 1.807) is 6.20 Å². The zero-order valence-electron chi connectivity index (χ0n) is 14.6. The van der Waals surface area contributed by atoms with Crippen LogP contribution in [0.5, 0.6) is 0 Å². The van der Waals surface area contributed by atoms with E-state index in [1.165, 1.54) is 0 Å². The monoisotopic (exact) mass is 333 g/mol. The lowest BCUT2D eigenvalue weighted by molar-refractivity contribution is -0.0521. The van der Waals surface area contributed by atoms with E-state index in [1.807, 2.05) is 24.0 Å². The Balaban J connectivity index is 1.80. The lowest BCUT2D eigenvalue weighted by Gasteiger charge is -2.42. The molecular weight excluding hydrogens is 306 g/mol. The van der Waals surface area contributed by atoms with Gasteiger partial charge >= 0.3 is 0 Å². The van der Waals surface area contributed by atoms with Gasteiger partial charge in [-0.15, -0.1) is 0 Å². The fourth-order valence-electron chi connectivity index (χ4n) is 3.63. The number of nitrogens with zero attached hydrogens (tertiary/aromatic N) is 3. The molecule has 132 valence electrons. The number of piperidine rings is 1. The summed E-state index contributed by atoms with van der Waals surface area (Å²) in [7, 11) is 0. The lowest BCUT2D eigenvalue weighted by Crippen LogP contribution is -2.52. The summed E-state index contributed by atoms with van der Waals surface area (Å²) in [6.45, 7) is 7.96. The third-order valence-electron chi connectivity index (χ3n) is 5.32. The summed E-state index contributed by atoms with van der Waals surface area (Å²) >= 11 is 0. The van der Waals surface area contributed by atoms with Gasteiger partial charge in [-0.1, -0.05) is 6.92 Å². The van der Waals surface area contributed by atoms with Crippen LogP contribution >= 0.6 is 0 Å². The van der Waals surface area contributed by atoms with Crippen LogP contribution in [0.1, 0.15) is 37.0 Å². The van der Waals surface area contributed by atoms with E-state index in [9.17, 15) is 9.90 Å². The third-order valence-corrected chi connectivity index (χ3v) is 5.32. The summed E-state index contributed by atoms with van der Waals surface area (Å²) in [6.07, 6.45) is 3.21. The van der Waals surface area contributed by atoms with Crippen molar-refractivity contribution in [2.75, 3.05) is 44.3 Å². The van der Waals surface area contributed by atoms with Gasteiger partial charge in [0.15, 0.2) is 0 Å². The smallest absolute Gasteiger partial charge is 0.257 e. The number of carbonyl (C=O) groups excluding carboxylic acids is 1. The Kier molecular flexibility index (Phi) is 5.06. The highest BCUT2D eigenvalue weighted by Crippen LogP contribution is 2.31. The third kappa shape index (κ3) is 3.39. The van der Waals surface area contributed by atoms with Crippen molar-refractivity contribution in [1.82, 2.24) is 9.88 Å². The van der Waals surface area contributed by atoms with Crippen LogP contribution < -0.4 is 4.90 Å². The van der Waals surface area contributed by atoms with Gasteiger partial charge < -0.3 is 19.6 Å². The Morgan fingerprint density at radius 1 is 1.42 bits per heavy atom. The van der Waals surface area contributed by atoms with E-state index in [0.717, 1.165) is 25.3 Å². The van der Waals surface area contributed by atoms with E-state index in [4.69, 9.17) is 4.74 Å². The van der Waals surface area contributed by atoms with Crippen LogP contribution in [-0.4, -0.2) is 65.9 Å². The van der Waals surface area contributed by atoms with Gasteiger partial charge in [0.2, 0.25) is 0 Å². The van der Waals surface area contributed by atoms with Crippen LogP contribution in [0.4, 0.5) is 5.82 Å². The molecular formula is C18H27N3O3. The van der Waals surface area contributed by atoms with Crippen LogP contribution in [0.25, 0.3) is 0 Å². The molecule has 0 radical (unpaired) electrons. The second-order valence-corrected chi connectivity index (χ2v) is 6.94. The largest absolute Gasteiger partial charge is 0.390 e. The molecule has 0 bridgehead atoms. The SMILES string of the molecule is CC[C@H]1CN(C(=O)c2cccnc2N2CCOCC2)CC[C@@]1(C)O. The number of ether oxygens (including phenoxy) is 1. The predicted molar refractivity (Wildman–Crippen MR) is 92.2 cm³/mol. The molecule has 3 heterocycles. The van der Waals surface area contributed by atoms with Gasteiger partial charge in [-0.3, -0.25) is 4.79 Å². The molecule has 2 fully saturated rings. The van der Waals surface area contributed by atoms with Gasteiger partial charge in [0.25, 0.3) is 5.91 Å². The van der Waals surface area contributed by atoms with Crippen molar-refractivity contribution in [3.63, 3.8) is 0 Å². The highest BCUT2D eigenvalue weighted by Gasteiger charge is 2.38. The molecule has 3 rings (SSSR count). The fraction of sp³-hybridized carbons (Fsp3) is 0.667. The van der Waals surface area contributed by atoms with Gasteiger partial charge in [-0.25, -0.2) is 4.98 Å². The summed E-state index contributed by atoms with van der Waals surface area (Å²) < 4.78 is 5.40. The number of amides is 1. The van der Waals surface area contributed by atoms with Gasteiger partial charge in [-0.2, -0.15) is 0 Å². The molecule has 2 atom stereocenters. The van der Waals surface area contributed by atoms with Crippen molar-refractivity contribution in [1.29, 1.82) is 0 Å². The summed E-state index contributed by atoms with van der Waals surface area (Å²) in [6, 6.07) is 3.67. The molecule has 0 saturated carbocycles. The van der Waals surface area contributed by atoms with Crippen LogP contribution in [0.15, 0.2) is 18.3 Å². The summed E-state index contributed by atoms with van der Waals surface area (Å²) in [5, 5.41) is 10.5. The molecule has 0 aromatic carbocycles. The van der Waals surface area contributed by atoms with E-state index >= 15 is 0 Å². The average molecular weight is 333 g/mol.